The van der Waals surface area contributed by atoms with Gasteiger partial charge in [-0.1, -0.05) is 0 Å². The molecule has 3 nitrogen and oxygen atoms in total. The molecule has 0 aliphatic heterocycles. The third-order valence-electron chi connectivity index (χ3n) is 0.710. The van der Waals surface area contributed by atoms with Crippen molar-refractivity contribution in [2.75, 3.05) is 6.54 Å². The molecule has 0 aromatic heterocycles. The minimum absolute atomic E-state index is 0.127. The zero-order valence-corrected chi connectivity index (χ0v) is 5.77. The summed E-state index contributed by atoms with van der Waals surface area (Å²) in [5, 5.41) is 2.58. The summed E-state index contributed by atoms with van der Waals surface area (Å²) >= 11 is 0. The lowest BCUT2D eigenvalue weighted by atomic mass is 10.4. The van der Waals surface area contributed by atoms with Crippen LogP contribution in [0.3, 0.4) is 0 Å². The highest BCUT2D eigenvalue weighted by molar-refractivity contribution is 5.87. The molecule has 9 heavy (non-hydrogen) atoms. The van der Waals surface area contributed by atoms with E-state index in [2.05, 4.69) is 5.32 Å². The van der Waals surface area contributed by atoms with Gasteiger partial charge in [0.25, 0.3) is 0 Å². The fraction of sp³-hybridized carbons (Fsp3) is 0.500. The molecule has 0 atom stereocenters. The Kier molecular flexibility index (Phi) is 3.51. The summed E-state index contributed by atoms with van der Waals surface area (Å²) in [6, 6.07) is 0. The number of rotatable bonds is 2. The number of hydrogen-bond donors (Lipinski definition) is 2. The fourth-order valence-electron chi connectivity index (χ4n) is 0.432. The number of carbonyl (C=O) groups is 1. The summed E-state index contributed by atoms with van der Waals surface area (Å²) in [4.78, 5) is 10.6. The predicted molar refractivity (Wildman–Crippen MR) is 36.6 cm³/mol. The maximum Gasteiger partial charge on any atom is 0.245 e. The molecule has 0 unspecified atom stereocenters. The predicted octanol–water partition coefficient (Wildman–Crippen LogP) is -0.0150. The molecule has 0 aliphatic rings. The Morgan fingerprint density at radius 1 is 1.78 bits per heavy atom. The Morgan fingerprint density at radius 2 is 2.33 bits per heavy atom. The molecule has 0 aromatic carbocycles. The van der Waals surface area contributed by atoms with E-state index in [4.69, 9.17) is 5.73 Å². The first-order valence-electron chi connectivity index (χ1n) is 2.88. The van der Waals surface area contributed by atoms with E-state index in [0.717, 1.165) is 0 Å². The molecule has 3 N–H and O–H groups in total. The zero-order valence-electron chi connectivity index (χ0n) is 5.77. The SMILES string of the molecule is CCNC(=O)/C=C(/C)N. The van der Waals surface area contributed by atoms with Crippen LogP contribution in [0.2, 0.25) is 0 Å². The summed E-state index contributed by atoms with van der Waals surface area (Å²) in [6.07, 6.45) is 1.36. The number of amides is 1. The van der Waals surface area contributed by atoms with E-state index in [0.29, 0.717) is 12.2 Å². The first kappa shape index (κ1) is 8.01. The van der Waals surface area contributed by atoms with Crippen molar-refractivity contribution in [3.8, 4) is 0 Å². The Labute approximate surface area is 54.9 Å². The highest BCUT2D eigenvalue weighted by Crippen LogP contribution is 1.77. The molecule has 3 heteroatoms. The Hall–Kier alpha value is -0.990. The lowest BCUT2D eigenvalue weighted by Crippen LogP contribution is -2.21. The minimum Gasteiger partial charge on any atom is -0.402 e. The van der Waals surface area contributed by atoms with Crippen LogP contribution in [-0.4, -0.2) is 12.5 Å². The molecular formula is C6H12N2O. The average molecular weight is 128 g/mol. The second kappa shape index (κ2) is 3.95. The summed E-state index contributed by atoms with van der Waals surface area (Å²) in [5.41, 5.74) is 5.75. The van der Waals surface area contributed by atoms with Gasteiger partial charge < -0.3 is 11.1 Å². The zero-order chi connectivity index (χ0) is 7.28. The summed E-state index contributed by atoms with van der Waals surface area (Å²) in [5.74, 6) is -0.127. The van der Waals surface area contributed by atoms with Crippen molar-refractivity contribution < 1.29 is 4.79 Å². The van der Waals surface area contributed by atoms with Crippen LogP contribution in [0.25, 0.3) is 0 Å². The van der Waals surface area contributed by atoms with Crippen LogP contribution in [0.1, 0.15) is 13.8 Å². The topological polar surface area (TPSA) is 55.1 Å². The Morgan fingerprint density at radius 3 is 2.67 bits per heavy atom. The maximum absolute atomic E-state index is 10.6. The smallest absolute Gasteiger partial charge is 0.245 e. The van der Waals surface area contributed by atoms with Crippen molar-refractivity contribution >= 4 is 5.91 Å². The lowest BCUT2D eigenvalue weighted by Gasteiger charge is -1.94. The van der Waals surface area contributed by atoms with Gasteiger partial charge in [0.1, 0.15) is 0 Å². The molecule has 0 spiro atoms. The lowest BCUT2D eigenvalue weighted by molar-refractivity contribution is -0.116. The van der Waals surface area contributed by atoms with E-state index in [1.54, 1.807) is 6.92 Å². The van der Waals surface area contributed by atoms with Crippen LogP contribution in [0.5, 0.6) is 0 Å². The van der Waals surface area contributed by atoms with Gasteiger partial charge in [-0.05, 0) is 13.8 Å². The van der Waals surface area contributed by atoms with Gasteiger partial charge in [-0.2, -0.15) is 0 Å². The molecule has 0 rings (SSSR count). The quantitative estimate of drug-likeness (QED) is 0.514. The van der Waals surface area contributed by atoms with Crippen LogP contribution >= 0.6 is 0 Å². The van der Waals surface area contributed by atoms with Crippen molar-refractivity contribution in [2.45, 2.75) is 13.8 Å². The van der Waals surface area contributed by atoms with Gasteiger partial charge in [-0.15, -0.1) is 0 Å². The molecule has 0 radical (unpaired) electrons. The van der Waals surface area contributed by atoms with Crippen molar-refractivity contribution in [1.29, 1.82) is 0 Å². The van der Waals surface area contributed by atoms with Gasteiger partial charge in [0.15, 0.2) is 0 Å². The molecule has 0 fully saturated rings. The first-order valence-corrected chi connectivity index (χ1v) is 2.88. The number of carbonyl (C=O) groups excluding carboxylic acids is 1. The second-order valence-corrected chi connectivity index (χ2v) is 1.78. The van der Waals surface area contributed by atoms with E-state index in [1.807, 2.05) is 6.92 Å². The molecule has 0 saturated heterocycles. The van der Waals surface area contributed by atoms with Crippen molar-refractivity contribution in [1.82, 2.24) is 5.32 Å². The molecular weight excluding hydrogens is 116 g/mol. The second-order valence-electron chi connectivity index (χ2n) is 1.78. The normalized spacial score (nSPS) is 11.1. The number of hydrogen-bond acceptors (Lipinski definition) is 2. The first-order chi connectivity index (χ1) is 4.16. The van der Waals surface area contributed by atoms with E-state index < -0.39 is 0 Å². The fourth-order valence-corrected chi connectivity index (χ4v) is 0.432. The van der Waals surface area contributed by atoms with Crippen molar-refractivity contribution in [3.05, 3.63) is 11.8 Å². The van der Waals surface area contributed by atoms with Gasteiger partial charge in [0, 0.05) is 18.3 Å². The highest BCUT2D eigenvalue weighted by Gasteiger charge is 1.90. The molecule has 1 amide bonds. The molecule has 0 aliphatic carbocycles. The van der Waals surface area contributed by atoms with E-state index >= 15 is 0 Å². The standard InChI is InChI=1S/C6H12N2O/c1-3-8-6(9)4-5(2)7/h4H,3,7H2,1-2H3,(H,8,9)/b5-4-. The van der Waals surface area contributed by atoms with Gasteiger partial charge in [-0.25, -0.2) is 0 Å². The van der Waals surface area contributed by atoms with Gasteiger partial charge in [-0.3, -0.25) is 4.79 Å². The molecule has 52 valence electrons. The number of allylic oxidation sites excluding steroid dienone is 1. The minimum atomic E-state index is -0.127. The summed E-state index contributed by atoms with van der Waals surface area (Å²) < 4.78 is 0. The van der Waals surface area contributed by atoms with Crippen LogP contribution in [-0.2, 0) is 4.79 Å². The highest BCUT2D eigenvalue weighted by atomic mass is 16.1. The third kappa shape index (κ3) is 4.87. The molecule has 0 heterocycles. The van der Waals surface area contributed by atoms with Crippen LogP contribution in [0.4, 0.5) is 0 Å². The van der Waals surface area contributed by atoms with E-state index in [1.165, 1.54) is 6.08 Å². The number of likely N-dealkylation sites (N-methyl/N-ethyl adjacent to an activating group) is 1. The maximum atomic E-state index is 10.6. The Balaban J connectivity index is 3.63. The van der Waals surface area contributed by atoms with Gasteiger partial charge >= 0.3 is 0 Å². The van der Waals surface area contributed by atoms with Crippen LogP contribution in [0, 0.1) is 0 Å². The molecule has 0 saturated carbocycles. The van der Waals surface area contributed by atoms with Crippen LogP contribution < -0.4 is 11.1 Å². The molecule has 0 aromatic rings. The van der Waals surface area contributed by atoms with Crippen molar-refractivity contribution in [3.63, 3.8) is 0 Å². The third-order valence-corrected chi connectivity index (χ3v) is 0.710. The number of nitrogens with one attached hydrogen (secondary N) is 1. The van der Waals surface area contributed by atoms with E-state index in [9.17, 15) is 4.79 Å². The Bertz CT molecular complexity index is 125. The monoisotopic (exact) mass is 128 g/mol. The number of nitrogens with two attached hydrogens (primary N) is 1. The van der Waals surface area contributed by atoms with E-state index in [-0.39, 0.29) is 5.91 Å². The van der Waals surface area contributed by atoms with Crippen molar-refractivity contribution in [2.24, 2.45) is 5.73 Å². The summed E-state index contributed by atoms with van der Waals surface area (Å²) in [7, 11) is 0. The summed E-state index contributed by atoms with van der Waals surface area (Å²) in [6.45, 7) is 4.18. The van der Waals surface area contributed by atoms with Crippen LogP contribution in [0.15, 0.2) is 11.8 Å². The average Bonchev–Trinajstić information content (AvgIpc) is 1.63. The molecule has 0 bridgehead atoms. The van der Waals surface area contributed by atoms with Gasteiger partial charge in [0.2, 0.25) is 5.91 Å². The largest absolute Gasteiger partial charge is 0.402 e. The van der Waals surface area contributed by atoms with Gasteiger partial charge in [0.05, 0.1) is 0 Å².